The molecular formula is C20H23N5O4. The molecule has 0 saturated carbocycles. The third-order valence-corrected chi connectivity index (χ3v) is 4.16. The molecule has 0 aliphatic rings. The van der Waals surface area contributed by atoms with E-state index in [4.69, 9.17) is 4.74 Å². The van der Waals surface area contributed by atoms with Crippen LogP contribution in [0.2, 0.25) is 0 Å². The summed E-state index contributed by atoms with van der Waals surface area (Å²) in [6.07, 6.45) is 0.718. The molecule has 29 heavy (non-hydrogen) atoms. The average molecular weight is 397 g/mol. The minimum atomic E-state index is -0.890. The molecular weight excluding hydrogens is 374 g/mol. The van der Waals surface area contributed by atoms with Gasteiger partial charge in [0.2, 0.25) is 0 Å². The van der Waals surface area contributed by atoms with Crippen LogP contribution in [0.3, 0.4) is 0 Å². The second-order valence-corrected chi connectivity index (χ2v) is 6.94. The van der Waals surface area contributed by atoms with Gasteiger partial charge in [0.15, 0.2) is 11.8 Å². The maximum absolute atomic E-state index is 12.3. The number of nitrogens with zero attached hydrogens (tertiary/aromatic N) is 3. The first-order valence-corrected chi connectivity index (χ1v) is 9.37. The summed E-state index contributed by atoms with van der Waals surface area (Å²) < 4.78 is 6.72. The second-order valence-electron chi connectivity index (χ2n) is 6.94. The Morgan fingerprint density at radius 2 is 1.93 bits per heavy atom. The summed E-state index contributed by atoms with van der Waals surface area (Å²) in [6, 6.07) is 9.28. The van der Waals surface area contributed by atoms with Gasteiger partial charge >= 0.3 is 5.97 Å². The van der Waals surface area contributed by atoms with Gasteiger partial charge < -0.3 is 15.0 Å². The lowest BCUT2D eigenvalue weighted by atomic mass is 10.2. The number of aromatic nitrogens is 4. The molecule has 152 valence electrons. The fourth-order valence-corrected chi connectivity index (χ4v) is 2.77. The summed E-state index contributed by atoms with van der Waals surface area (Å²) in [6.45, 7) is 5.16. The van der Waals surface area contributed by atoms with Crippen molar-refractivity contribution in [3.63, 3.8) is 0 Å². The van der Waals surface area contributed by atoms with E-state index < -0.39 is 12.1 Å². The van der Waals surface area contributed by atoms with Gasteiger partial charge in [-0.2, -0.15) is 5.10 Å². The summed E-state index contributed by atoms with van der Waals surface area (Å²) >= 11 is 0. The highest BCUT2D eigenvalue weighted by Gasteiger charge is 2.19. The van der Waals surface area contributed by atoms with E-state index in [0.717, 1.165) is 5.69 Å². The number of aryl methyl sites for hydroxylation is 1. The Labute approximate surface area is 167 Å². The highest BCUT2D eigenvalue weighted by Crippen LogP contribution is 2.14. The Morgan fingerprint density at radius 3 is 2.62 bits per heavy atom. The molecule has 1 amide bonds. The zero-order valence-corrected chi connectivity index (χ0v) is 16.5. The van der Waals surface area contributed by atoms with Gasteiger partial charge in [-0.3, -0.25) is 14.4 Å². The van der Waals surface area contributed by atoms with E-state index in [1.807, 2.05) is 44.2 Å². The number of carbonyl (C=O) groups excluding carboxylic acids is 2. The van der Waals surface area contributed by atoms with Crippen molar-refractivity contribution in [1.29, 1.82) is 0 Å². The number of fused-ring (bicyclic) bond motifs is 1. The number of esters is 1. The number of benzene rings is 1. The number of H-pyrrole nitrogens is 1. The van der Waals surface area contributed by atoms with Crippen LogP contribution >= 0.6 is 0 Å². The number of nitrogens with one attached hydrogen (secondary N) is 2. The van der Waals surface area contributed by atoms with Gasteiger partial charge in [-0.25, -0.2) is 9.67 Å². The zero-order chi connectivity index (χ0) is 21.0. The number of hydrogen-bond donors (Lipinski definition) is 2. The van der Waals surface area contributed by atoms with Crippen LogP contribution in [-0.4, -0.2) is 43.8 Å². The predicted octanol–water partition coefficient (Wildman–Crippen LogP) is 1.50. The van der Waals surface area contributed by atoms with E-state index in [1.165, 1.54) is 13.1 Å². The first-order chi connectivity index (χ1) is 13.8. The van der Waals surface area contributed by atoms with Gasteiger partial charge in [-0.05, 0) is 32.9 Å². The highest BCUT2D eigenvalue weighted by molar-refractivity contribution is 5.83. The Bertz CT molecular complexity index is 1070. The lowest BCUT2D eigenvalue weighted by molar-refractivity contribution is -0.155. The molecule has 0 aliphatic carbocycles. The van der Waals surface area contributed by atoms with E-state index in [1.54, 1.807) is 4.68 Å². The summed E-state index contributed by atoms with van der Waals surface area (Å²) in [7, 11) is 0. The Hall–Kier alpha value is -3.49. The van der Waals surface area contributed by atoms with Crippen LogP contribution in [0.15, 0.2) is 41.3 Å². The summed E-state index contributed by atoms with van der Waals surface area (Å²) in [5, 5.41) is 7.29. The van der Waals surface area contributed by atoms with Crippen LogP contribution in [0.4, 0.5) is 0 Å². The lowest BCUT2D eigenvalue weighted by Gasteiger charge is -2.15. The van der Waals surface area contributed by atoms with Crippen LogP contribution < -0.4 is 10.9 Å². The van der Waals surface area contributed by atoms with E-state index >= 15 is 0 Å². The van der Waals surface area contributed by atoms with Gasteiger partial charge in [-0.1, -0.05) is 18.2 Å². The topological polar surface area (TPSA) is 119 Å². The molecule has 2 heterocycles. The molecule has 0 bridgehead atoms. The third-order valence-electron chi connectivity index (χ3n) is 4.16. The largest absolute Gasteiger partial charge is 0.453 e. The molecule has 9 nitrogen and oxygen atoms in total. The number of ether oxygens (including phenoxy) is 1. The van der Waals surface area contributed by atoms with Crippen LogP contribution in [0.1, 0.15) is 33.0 Å². The molecule has 2 N–H and O–H groups in total. The smallest absolute Gasteiger partial charge is 0.307 e. The summed E-state index contributed by atoms with van der Waals surface area (Å²) in [5.74, 6) is -0.555. The van der Waals surface area contributed by atoms with E-state index in [-0.39, 0.29) is 30.3 Å². The SMILES string of the molecule is CC(C)NC(=O)[C@@H](C)OC(=O)CCc1nc2c(cnn2-c2ccccc2)c(=O)[nH]1. The molecule has 0 radical (unpaired) electrons. The van der Waals surface area contributed by atoms with Crippen LogP contribution in [0.5, 0.6) is 0 Å². The third kappa shape index (κ3) is 4.87. The molecule has 1 atom stereocenters. The monoisotopic (exact) mass is 397 g/mol. The quantitative estimate of drug-likeness (QED) is 0.583. The van der Waals surface area contributed by atoms with Crippen LogP contribution in [-0.2, 0) is 20.7 Å². The minimum Gasteiger partial charge on any atom is -0.453 e. The van der Waals surface area contributed by atoms with Crippen molar-refractivity contribution in [1.82, 2.24) is 25.1 Å². The summed E-state index contributed by atoms with van der Waals surface area (Å²) in [4.78, 5) is 43.4. The fourth-order valence-electron chi connectivity index (χ4n) is 2.77. The molecule has 0 spiro atoms. The predicted molar refractivity (Wildman–Crippen MR) is 107 cm³/mol. The van der Waals surface area contributed by atoms with Crippen molar-refractivity contribution in [2.24, 2.45) is 0 Å². The Morgan fingerprint density at radius 1 is 1.21 bits per heavy atom. The number of carbonyl (C=O) groups is 2. The Balaban J connectivity index is 1.71. The first kappa shape index (κ1) is 20.2. The fraction of sp³-hybridized carbons (Fsp3) is 0.350. The van der Waals surface area contributed by atoms with E-state index in [0.29, 0.717) is 16.9 Å². The van der Waals surface area contributed by atoms with Crippen molar-refractivity contribution in [3.05, 3.63) is 52.7 Å². The lowest BCUT2D eigenvalue weighted by Crippen LogP contribution is -2.39. The van der Waals surface area contributed by atoms with Crippen LogP contribution in [0.25, 0.3) is 16.7 Å². The number of amides is 1. The minimum absolute atomic E-state index is 0.0206. The maximum Gasteiger partial charge on any atom is 0.307 e. The molecule has 9 heteroatoms. The molecule has 0 saturated heterocycles. The molecule has 0 unspecified atom stereocenters. The van der Waals surface area contributed by atoms with Gasteiger partial charge in [-0.15, -0.1) is 0 Å². The van der Waals surface area contributed by atoms with Crippen molar-refractivity contribution < 1.29 is 14.3 Å². The number of hydrogen-bond acceptors (Lipinski definition) is 6. The van der Waals surface area contributed by atoms with Gasteiger partial charge in [0.25, 0.3) is 11.5 Å². The van der Waals surface area contributed by atoms with E-state index in [9.17, 15) is 14.4 Å². The van der Waals surface area contributed by atoms with E-state index in [2.05, 4.69) is 20.4 Å². The molecule has 0 fully saturated rings. The normalized spacial score (nSPS) is 12.1. The van der Waals surface area contributed by atoms with Crippen molar-refractivity contribution in [2.45, 2.75) is 45.8 Å². The van der Waals surface area contributed by atoms with Gasteiger partial charge in [0, 0.05) is 12.5 Å². The number of rotatable bonds is 7. The molecule has 0 aliphatic heterocycles. The standard InChI is InChI=1S/C20H23N5O4/c1-12(2)22-19(27)13(3)29-17(26)10-9-16-23-18-15(20(28)24-16)11-21-25(18)14-7-5-4-6-8-14/h4-8,11-13H,9-10H2,1-3H3,(H,22,27)(H,23,24,28)/t13-/m1/s1. The maximum atomic E-state index is 12.3. The number of para-hydroxylation sites is 1. The van der Waals surface area contributed by atoms with Crippen LogP contribution in [0, 0.1) is 0 Å². The van der Waals surface area contributed by atoms with Gasteiger partial charge in [0.1, 0.15) is 11.2 Å². The average Bonchev–Trinajstić information content (AvgIpc) is 3.11. The Kier molecular flexibility index (Phi) is 6.06. The zero-order valence-electron chi connectivity index (χ0n) is 16.5. The second kappa shape index (κ2) is 8.68. The van der Waals surface area contributed by atoms with Crippen molar-refractivity contribution in [3.8, 4) is 5.69 Å². The number of aromatic amines is 1. The summed E-state index contributed by atoms with van der Waals surface area (Å²) in [5.41, 5.74) is 0.856. The highest BCUT2D eigenvalue weighted by atomic mass is 16.5. The van der Waals surface area contributed by atoms with Crippen molar-refractivity contribution in [2.75, 3.05) is 0 Å². The molecule has 2 aromatic heterocycles. The first-order valence-electron chi connectivity index (χ1n) is 9.37. The molecule has 3 aromatic rings. The molecule has 1 aromatic carbocycles. The molecule has 3 rings (SSSR count). The van der Waals surface area contributed by atoms with Gasteiger partial charge in [0.05, 0.1) is 18.3 Å². The van der Waals surface area contributed by atoms with Crippen molar-refractivity contribution >= 4 is 22.9 Å².